The highest BCUT2D eigenvalue weighted by Gasteiger charge is 2.32. The molecule has 5 nitrogen and oxygen atoms in total. The van der Waals surface area contributed by atoms with E-state index < -0.39 is 0 Å². The average Bonchev–Trinajstić information content (AvgIpc) is 2.52. The molecule has 5 heteroatoms. The lowest BCUT2D eigenvalue weighted by Gasteiger charge is -2.41. The van der Waals surface area contributed by atoms with Gasteiger partial charge in [-0.1, -0.05) is 6.07 Å². The molecule has 0 unspecified atom stereocenters. The number of urea groups is 1. The number of hydrogen-bond acceptors (Lipinski definition) is 3. The van der Waals surface area contributed by atoms with Crippen LogP contribution in [0.5, 0.6) is 0 Å². The van der Waals surface area contributed by atoms with Crippen molar-refractivity contribution in [3.8, 4) is 0 Å². The van der Waals surface area contributed by atoms with Gasteiger partial charge in [-0.25, -0.2) is 4.79 Å². The summed E-state index contributed by atoms with van der Waals surface area (Å²) in [5.74, 6) is 0. The van der Waals surface area contributed by atoms with Crippen molar-refractivity contribution in [3.63, 3.8) is 0 Å². The van der Waals surface area contributed by atoms with Gasteiger partial charge in [0.2, 0.25) is 0 Å². The molecule has 1 aromatic rings. The molecule has 0 radical (unpaired) electrons. The summed E-state index contributed by atoms with van der Waals surface area (Å²) in [6.45, 7) is 5.93. The molecule has 0 saturated carbocycles. The number of rotatable bonds is 5. The zero-order valence-corrected chi connectivity index (χ0v) is 13.9. The Bertz CT molecular complexity index is 456. The van der Waals surface area contributed by atoms with Crippen LogP contribution in [0.1, 0.15) is 38.8 Å². The first-order chi connectivity index (χ1) is 10.6. The van der Waals surface area contributed by atoms with E-state index in [0.717, 1.165) is 18.5 Å². The maximum Gasteiger partial charge on any atom is 0.320 e. The summed E-state index contributed by atoms with van der Waals surface area (Å²) in [4.78, 5) is 21.2. The van der Waals surface area contributed by atoms with E-state index in [9.17, 15) is 4.79 Å². The van der Waals surface area contributed by atoms with Crippen LogP contribution in [0.3, 0.4) is 0 Å². The minimum atomic E-state index is 0.0994. The van der Waals surface area contributed by atoms with Gasteiger partial charge in [-0.05, 0) is 45.2 Å². The van der Waals surface area contributed by atoms with Gasteiger partial charge in [0, 0.05) is 31.9 Å². The quantitative estimate of drug-likeness (QED) is 0.840. The molecule has 2 atom stereocenters. The number of methoxy groups -OCH3 is 1. The molecule has 0 aromatic carbocycles. The monoisotopic (exact) mass is 305 g/mol. The van der Waals surface area contributed by atoms with Crippen molar-refractivity contribution in [2.24, 2.45) is 0 Å². The molecule has 0 aliphatic carbocycles. The molecule has 1 aliphatic heterocycles. The molecule has 0 spiro atoms. The maximum absolute atomic E-state index is 13.0. The van der Waals surface area contributed by atoms with Crippen LogP contribution in [-0.2, 0) is 11.3 Å². The molecule has 0 N–H and O–H groups in total. The normalized spacial score (nSPS) is 21.7. The fourth-order valence-electron chi connectivity index (χ4n) is 3.09. The first kappa shape index (κ1) is 16.7. The van der Waals surface area contributed by atoms with E-state index in [-0.39, 0.29) is 6.03 Å². The Morgan fingerprint density at radius 1 is 1.36 bits per heavy atom. The van der Waals surface area contributed by atoms with Gasteiger partial charge in [0.15, 0.2) is 0 Å². The molecule has 1 aliphatic rings. The van der Waals surface area contributed by atoms with Crippen LogP contribution in [0.15, 0.2) is 24.4 Å². The summed E-state index contributed by atoms with van der Waals surface area (Å²) in [5, 5.41) is 0. The van der Waals surface area contributed by atoms with Gasteiger partial charge in [0.1, 0.15) is 0 Å². The number of hydrogen-bond donors (Lipinski definition) is 0. The van der Waals surface area contributed by atoms with Gasteiger partial charge in [-0.15, -0.1) is 0 Å². The Morgan fingerprint density at radius 2 is 2.09 bits per heavy atom. The van der Waals surface area contributed by atoms with E-state index >= 15 is 0 Å². The molecule has 122 valence electrons. The molecular weight excluding hydrogens is 278 g/mol. The summed E-state index contributed by atoms with van der Waals surface area (Å²) < 4.78 is 5.17. The van der Waals surface area contributed by atoms with Gasteiger partial charge in [0.05, 0.1) is 18.8 Å². The second-order valence-electron chi connectivity index (χ2n) is 6.05. The van der Waals surface area contributed by atoms with Crippen LogP contribution in [0, 0.1) is 0 Å². The van der Waals surface area contributed by atoms with Gasteiger partial charge < -0.3 is 14.5 Å². The predicted molar refractivity (Wildman–Crippen MR) is 86.5 cm³/mol. The van der Waals surface area contributed by atoms with Gasteiger partial charge in [-0.2, -0.15) is 0 Å². The Labute approximate surface area is 133 Å². The first-order valence-corrected chi connectivity index (χ1v) is 8.09. The molecule has 1 aromatic heterocycles. The minimum absolute atomic E-state index is 0.0994. The van der Waals surface area contributed by atoms with E-state index in [0.29, 0.717) is 31.8 Å². The van der Waals surface area contributed by atoms with Crippen LogP contribution >= 0.6 is 0 Å². The Kier molecular flexibility index (Phi) is 6.19. The molecule has 1 fully saturated rings. The zero-order chi connectivity index (χ0) is 15.9. The average molecular weight is 305 g/mol. The SMILES string of the molecule is COCCN(Cc1ccccn1)C(=O)N1[C@@H](C)CCC[C@@H]1C. The van der Waals surface area contributed by atoms with Crippen LogP contribution in [0.25, 0.3) is 0 Å². The highest BCUT2D eigenvalue weighted by molar-refractivity contribution is 5.75. The molecule has 22 heavy (non-hydrogen) atoms. The summed E-state index contributed by atoms with van der Waals surface area (Å²) in [6, 6.07) is 6.49. The Morgan fingerprint density at radius 3 is 2.68 bits per heavy atom. The number of piperidine rings is 1. The summed E-state index contributed by atoms with van der Waals surface area (Å²) in [7, 11) is 1.66. The van der Waals surface area contributed by atoms with Crippen LogP contribution in [0.2, 0.25) is 0 Å². The summed E-state index contributed by atoms with van der Waals surface area (Å²) >= 11 is 0. The lowest BCUT2D eigenvalue weighted by Crippen LogP contribution is -2.53. The molecule has 2 amide bonds. The van der Waals surface area contributed by atoms with Crippen molar-refractivity contribution in [2.45, 2.75) is 51.7 Å². The van der Waals surface area contributed by atoms with Crippen molar-refractivity contribution in [1.82, 2.24) is 14.8 Å². The number of pyridine rings is 1. The zero-order valence-electron chi connectivity index (χ0n) is 13.9. The highest BCUT2D eigenvalue weighted by Crippen LogP contribution is 2.24. The van der Waals surface area contributed by atoms with Crippen molar-refractivity contribution >= 4 is 6.03 Å². The minimum Gasteiger partial charge on any atom is -0.383 e. The van der Waals surface area contributed by atoms with Crippen LogP contribution in [-0.4, -0.2) is 53.2 Å². The molecular formula is C17H27N3O2. The summed E-state index contributed by atoms with van der Waals surface area (Å²) in [6.07, 6.45) is 5.13. The molecule has 2 heterocycles. The Balaban J connectivity index is 2.11. The van der Waals surface area contributed by atoms with Crippen molar-refractivity contribution in [2.75, 3.05) is 20.3 Å². The first-order valence-electron chi connectivity index (χ1n) is 8.09. The second-order valence-corrected chi connectivity index (χ2v) is 6.05. The third kappa shape index (κ3) is 4.19. The van der Waals surface area contributed by atoms with Crippen molar-refractivity contribution in [1.29, 1.82) is 0 Å². The van der Waals surface area contributed by atoms with Crippen LogP contribution in [0.4, 0.5) is 4.79 Å². The lowest BCUT2D eigenvalue weighted by atomic mass is 9.98. The van der Waals surface area contributed by atoms with E-state index in [1.807, 2.05) is 28.0 Å². The predicted octanol–water partition coefficient (Wildman–Crippen LogP) is 2.91. The fraction of sp³-hybridized carbons (Fsp3) is 0.647. The fourth-order valence-corrected chi connectivity index (χ4v) is 3.09. The Hall–Kier alpha value is -1.62. The van der Waals surface area contributed by atoms with Gasteiger partial charge in [-0.3, -0.25) is 4.98 Å². The van der Waals surface area contributed by atoms with E-state index in [1.165, 1.54) is 6.42 Å². The number of carbonyl (C=O) groups excluding carboxylic acids is 1. The van der Waals surface area contributed by atoms with Crippen molar-refractivity contribution in [3.05, 3.63) is 30.1 Å². The topological polar surface area (TPSA) is 45.7 Å². The molecule has 0 bridgehead atoms. The van der Waals surface area contributed by atoms with E-state index in [4.69, 9.17) is 4.74 Å². The lowest BCUT2D eigenvalue weighted by molar-refractivity contribution is 0.0791. The number of aromatic nitrogens is 1. The largest absolute Gasteiger partial charge is 0.383 e. The summed E-state index contributed by atoms with van der Waals surface area (Å²) in [5.41, 5.74) is 0.907. The van der Waals surface area contributed by atoms with E-state index in [2.05, 4.69) is 18.8 Å². The third-order valence-electron chi connectivity index (χ3n) is 4.33. The van der Waals surface area contributed by atoms with E-state index in [1.54, 1.807) is 13.3 Å². The van der Waals surface area contributed by atoms with Crippen molar-refractivity contribution < 1.29 is 9.53 Å². The third-order valence-corrected chi connectivity index (χ3v) is 4.33. The number of amides is 2. The number of ether oxygens (including phenoxy) is 1. The molecule has 1 saturated heterocycles. The molecule has 2 rings (SSSR count). The van der Waals surface area contributed by atoms with Gasteiger partial charge >= 0.3 is 6.03 Å². The maximum atomic E-state index is 13.0. The number of carbonyl (C=O) groups is 1. The number of likely N-dealkylation sites (tertiary alicyclic amines) is 1. The highest BCUT2D eigenvalue weighted by atomic mass is 16.5. The second kappa shape index (κ2) is 8.13. The number of nitrogens with zero attached hydrogens (tertiary/aromatic N) is 3. The van der Waals surface area contributed by atoms with Gasteiger partial charge in [0.25, 0.3) is 0 Å². The standard InChI is InChI=1S/C17H27N3O2/c1-14-7-6-8-15(2)20(14)17(21)19(11-12-22-3)13-16-9-4-5-10-18-16/h4-5,9-10,14-15H,6-8,11-13H2,1-3H3/t14-,15-/m0/s1. The van der Waals surface area contributed by atoms with Crippen LogP contribution < -0.4 is 0 Å². The smallest absolute Gasteiger partial charge is 0.320 e.